The van der Waals surface area contributed by atoms with Crippen LogP contribution in [0, 0.1) is 5.92 Å². The largest absolute Gasteiger partial charge is 0.399 e. The second kappa shape index (κ2) is 6.95. The molecule has 0 heterocycles. The normalized spacial score (nSPS) is 16.6. The number of nitrogens with two attached hydrogens (primary N) is 1. The smallest absolute Gasteiger partial charge is 0.0317 e. The van der Waals surface area contributed by atoms with Crippen LogP contribution in [0.1, 0.15) is 51.5 Å². The molecule has 1 fully saturated rings. The fourth-order valence-electron chi connectivity index (χ4n) is 3.01. The predicted octanol–water partition coefficient (Wildman–Crippen LogP) is 4.06. The first-order chi connectivity index (χ1) is 9.15. The van der Waals surface area contributed by atoms with E-state index in [1.54, 1.807) is 0 Å². The van der Waals surface area contributed by atoms with Crippen LogP contribution in [-0.2, 0) is 6.54 Å². The Hall–Kier alpha value is -1.02. The highest BCUT2D eigenvalue weighted by atomic mass is 15.2. The lowest BCUT2D eigenvalue weighted by Gasteiger charge is -2.29. The maximum atomic E-state index is 5.89. The maximum absolute atomic E-state index is 5.89. The number of hydrogen-bond acceptors (Lipinski definition) is 2. The van der Waals surface area contributed by atoms with Gasteiger partial charge in [-0.2, -0.15) is 0 Å². The van der Waals surface area contributed by atoms with Crippen molar-refractivity contribution in [1.29, 1.82) is 0 Å². The number of rotatable bonds is 6. The van der Waals surface area contributed by atoms with E-state index in [0.717, 1.165) is 24.2 Å². The standard InChI is InChI=1S/C17H28N2/c1-14(2)10-11-19(17-8-3-4-9-17)13-15-6-5-7-16(18)12-15/h5-7,12,14,17H,3-4,8-11,13,18H2,1-2H3. The SMILES string of the molecule is CC(C)CCN(Cc1cccc(N)c1)C1CCCC1. The predicted molar refractivity (Wildman–Crippen MR) is 83.0 cm³/mol. The van der Waals surface area contributed by atoms with Crippen LogP contribution in [0.4, 0.5) is 5.69 Å². The van der Waals surface area contributed by atoms with Gasteiger partial charge in [-0.25, -0.2) is 0 Å². The lowest BCUT2D eigenvalue weighted by atomic mass is 10.1. The number of anilines is 1. The molecule has 0 radical (unpaired) electrons. The van der Waals surface area contributed by atoms with E-state index in [1.807, 2.05) is 6.07 Å². The Kier molecular flexibility index (Phi) is 5.26. The second-order valence-electron chi connectivity index (χ2n) is 6.34. The lowest BCUT2D eigenvalue weighted by molar-refractivity contribution is 0.179. The zero-order valence-corrected chi connectivity index (χ0v) is 12.4. The van der Waals surface area contributed by atoms with Crippen molar-refractivity contribution in [3.63, 3.8) is 0 Å². The molecular weight excluding hydrogens is 232 g/mol. The van der Waals surface area contributed by atoms with Crippen LogP contribution in [0.3, 0.4) is 0 Å². The first kappa shape index (κ1) is 14.4. The lowest BCUT2D eigenvalue weighted by Crippen LogP contribution is -2.34. The van der Waals surface area contributed by atoms with E-state index in [1.165, 1.54) is 44.2 Å². The van der Waals surface area contributed by atoms with Crippen molar-refractivity contribution in [1.82, 2.24) is 4.90 Å². The van der Waals surface area contributed by atoms with Crippen LogP contribution in [0.15, 0.2) is 24.3 Å². The van der Waals surface area contributed by atoms with Crippen LogP contribution < -0.4 is 5.73 Å². The second-order valence-corrected chi connectivity index (χ2v) is 6.34. The molecule has 0 bridgehead atoms. The van der Waals surface area contributed by atoms with Crippen molar-refractivity contribution in [3.05, 3.63) is 29.8 Å². The quantitative estimate of drug-likeness (QED) is 0.782. The Balaban J connectivity index is 1.99. The molecule has 0 aromatic heterocycles. The van der Waals surface area contributed by atoms with Crippen molar-refractivity contribution in [3.8, 4) is 0 Å². The van der Waals surface area contributed by atoms with Gasteiger partial charge in [-0.3, -0.25) is 4.90 Å². The molecule has 1 aliphatic rings. The molecule has 0 unspecified atom stereocenters. The minimum atomic E-state index is 0.782. The minimum absolute atomic E-state index is 0.782. The summed E-state index contributed by atoms with van der Waals surface area (Å²) in [4.78, 5) is 2.68. The molecule has 1 aliphatic carbocycles. The molecule has 2 heteroatoms. The molecule has 2 nitrogen and oxygen atoms in total. The third-order valence-electron chi connectivity index (χ3n) is 4.17. The Morgan fingerprint density at radius 3 is 2.63 bits per heavy atom. The molecule has 0 atom stereocenters. The molecule has 106 valence electrons. The van der Waals surface area contributed by atoms with Gasteiger partial charge in [0.05, 0.1) is 0 Å². The monoisotopic (exact) mass is 260 g/mol. The summed E-state index contributed by atoms with van der Waals surface area (Å²) in [5.74, 6) is 0.782. The fraction of sp³-hybridized carbons (Fsp3) is 0.647. The topological polar surface area (TPSA) is 29.3 Å². The molecule has 19 heavy (non-hydrogen) atoms. The van der Waals surface area contributed by atoms with Crippen molar-refractivity contribution in [2.24, 2.45) is 5.92 Å². The van der Waals surface area contributed by atoms with Crippen LogP contribution in [-0.4, -0.2) is 17.5 Å². The highest BCUT2D eigenvalue weighted by Gasteiger charge is 2.22. The molecule has 0 saturated heterocycles. The molecule has 2 rings (SSSR count). The first-order valence-corrected chi connectivity index (χ1v) is 7.73. The number of hydrogen-bond donors (Lipinski definition) is 1. The molecular formula is C17H28N2. The van der Waals surface area contributed by atoms with Crippen LogP contribution >= 0.6 is 0 Å². The summed E-state index contributed by atoms with van der Waals surface area (Å²) < 4.78 is 0. The highest BCUT2D eigenvalue weighted by Crippen LogP contribution is 2.26. The molecule has 0 amide bonds. The summed E-state index contributed by atoms with van der Waals surface area (Å²) in [5, 5.41) is 0. The van der Waals surface area contributed by atoms with E-state index in [0.29, 0.717) is 0 Å². The average Bonchev–Trinajstić information content (AvgIpc) is 2.88. The van der Waals surface area contributed by atoms with E-state index in [4.69, 9.17) is 5.73 Å². The minimum Gasteiger partial charge on any atom is -0.399 e. The van der Waals surface area contributed by atoms with Crippen molar-refractivity contribution in [2.75, 3.05) is 12.3 Å². The van der Waals surface area contributed by atoms with Crippen LogP contribution in [0.25, 0.3) is 0 Å². The summed E-state index contributed by atoms with van der Waals surface area (Å²) in [6.45, 7) is 6.90. The van der Waals surface area contributed by atoms with Gasteiger partial charge < -0.3 is 5.73 Å². The van der Waals surface area contributed by atoms with Gasteiger partial charge in [-0.15, -0.1) is 0 Å². The van der Waals surface area contributed by atoms with Crippen LogP contribution in [0.5, 0.6) is 0 Å². The van der Waals surface area contributed by atoms with Gasteiger partial charge in [-0.1, -0.05) is 38.8 Å². The molecule has 0 spiro atoms. The van der Waals surface area contributed by atoms with E-state index in [2.05, 4.69) is 36.9 Å². The third kappa shape index (κ3) is 4.54. The zero-order valence-electron chi connectivity index (χ0n) is 12.4. The summed E-state index contributed by atoms with van der Waals surface area (Å²) in [6, 6.07) is 9.16. The van der Waals surface area contributed by atoms with Gasteiger partial charge in [0.1, 0.15) is 0 Å². The van der Waals surface area contributed by atoms with Gasteiger partial charge in [0.25, 0.3) is 0 Å². The molecule has 0 aliphatic heterocycles. The van der Waals surface area contributed by atoms with E-state index >= 15 is 0 Å². The average molecular weight is 260 g/mol. The number of benzene rings is 1. The molecule has 2 N–H and O–H groups in total. The summed E-state index contributed by atoms with van der Waals surface area (Å²) >= 11 is 0. The van der Waals surface area contributed by atoms with Crippen molar-refractivity contribution >= 4 is 5.69 Å². The zero-order chi connectivity index (χ0) is 13.7. The molecule has 1 aromatic rings. The van der Waals surface area contributed by atoms with Gasteiger partial charge in [-0.05, 0) is 49.4 Å². The Bertz CT molecular complexity index is 381. The molecule has 1 saturated carbocycles. The maximum Gasteiger partial charge on any atom is 0.0317 e. The Labute approximate surface area is 118 Å². The van der Waals surface area contributed by atoms with E-state index in [9.17, 15) is 0 Å². The fourth-order valence-corrected chi connectivity index (χ4v) is 3.01. The van der Waals surface area contributed by atoms with Gasteiger partial charge in [0.2, 0.25) is 0 Å². The van der Waals surface area contributed by atoms with Gasteiger partial charge in [0, 0.05) is 18.3 Å². The Morgan fingerprint density at radius 2 is 2.00 bits per heavy atom. The number of nitrogen functional groups attached to an aromatic ring is 1. The summed E-state index contributed by atoms with van der Waals surface area (Å²) in [7, 11) is 0. The highest BCUT2D eigenvalue weighted by molar-refractivity contribution is 5.40. The van der Waals surface area contributed by atoms with Crippen molar-refractivity contribution in [2.45, 2.75) is 58.5 Å². The molecule has 1 aromatic carbocycles. The Morgan fingerprint density at radius 1 is 1.26 bits per heavy atom. The number of nitrogens with zero attached hydrogens (tertiary/aromatic N) is 1. The van der Waals surface area contributed by atoms with E-state index < -0.39 is 0 Å². The van der Waals surface area contributed by atoms with E-state index in [-0.39, 0.29) is 0 Å². The summed E-state index contributed by atoms with van der Waals surface area (Å²) in [6.07, 6.45) is 6.85. The van der Waals surface area contributed by atoms with Crippen LogP contribution in [0.2, 0.25) is 0 Å². The van der Waals surface area contributed by atoms with Gasteiger partial charge in [0.15, 0.2) is 0 Å². The van der Waals surface area contributed by atoms with Crippen molar-refractivity contribution < 1.29 is 0 Å². The van der Waals surface area contributed by atoms with Gasteiger partial charge >= 0.3 is 0 Å². The first-order valence-electron chi connectivity index (χ1n) is 7.73. The summed E-state index contributed by atoms with van der Waals surface area (Å²) in [5.41, 5.74) is 8.13. The third-order valence-corrected chi connectivity index (χ3v) is 4.17.